The molecule has 1 unspecified atom stereocenters. The van der Waals surface area contributed by atoms with E-state index in [1.807, 2.05) is 11.8 Å². The van der Waals surface area contributed by atoms with Crippen molar-refractivity contribution in [3.05, 3.63) is 0 Å². The molecule has 17 heavy (non-hydrogen) atoms. The first-order valence-electron chi connectivity index (χ1n) is 7.19. The van der Waals surface area contributed by atoms with Crippen molar-refractivity contribution in [2.24, 2.45) is 0 Å². The zero-order valence-electron chi connectivity index (χ0n) is 12.0. The normalized spacial score (nSPS) is 19.8. The maximum Gasteiger partial charge on any atom is 0.00693 e. The number of rotatable bonds is 8. The highest BCUT2D eigenvalue weighted by Gasteiger charge is 2.21. The van der Waals surface area contributed by atoms with Crippen LogP contribution in [0.2, 0.25) is 0 Å². The first-order valence-corrected chi connectivity index (χ1v) is 10.4. The molecule has 1 aliphatic rings. The van der Waals surface area contributed by atoms with Gasteiger partial charge in [-0.05, 0) is 44.1 Å². The molecule has 1 rings (SSSR count). The molecule has 0 amide bonds. The molecule has 3 heteroatoms. The molecule has 1 aliphatic carbocycles. The third kappa shape index (κ3) is 6.45. The van der Waals surface area contributed by atoms with Crippen LogP contribution >= 0.6 is 19.7 Å². The Morgan fingerprint density at radius 3 is 2.47 bits per heavy atom. The van der Waals surface area contributed by atoms with Crippen LogP contribution in [0.3, 0.4) is 0 Å². The summed E-state index contributed by atoms with van der Waals surface area (Å²) < 4.78 is 0. The Bertz CT molecular complexity index is 183. The van der Waals surface area contributed by atoms with E-state index >= 15 is 0 Å². The zero-order chi connectivity index (χ0) is 12.5. The molecule has 0 aromatic heterocycles. The molecule has 1 saturated carbocycles. The van der Waals surface area contributed by atoms with Crippen LogP contribution in [-0.2, 0) is 0 Å². The number of thioether (sulfide) groups is 1. The fourth-order valence-electron chi connectivity index (χ4n) is 2.70. The molecule has 1 fully saturated rings. The lowest BCUT2D eigenvalue weighted by Gasteiger charge is -2.31. The van der Waals surface area contributed by atoms with Crippen LogP contribution in [0.15, 0.2) is 0 Å². The number of hydrogen-bond donors (Lipinski definition) is 0. The number of hydrogen-bond acceptors (Lipinski definition) is 2. The minimum atomic E-state index is 0.327. The highest BCUT2D eigenvalue weighted by molar-refractivity contribution is 7.98. The van der Waals surface area contributed by atoms with E-state index in [0.29, 0.717) is 7.92 Å². The Labute approximate surface area is 114 Å². The van der Waals surface area contributed by atoms with Crippen LogP contribution in [0, 0.1) is 0 Å². The molecule has 1 nitrogen and oxygen atoms in total. The van der Waals surface area contributed by atoms with Gasteiger partial charge >= 0.3 is 0 Å². The Kier molecular flexibility index (Phi) is 8.96. The molecule has 0 N–H and O–H groups in total. The van der Waals surface area contributed by atoms with Gasteiger partial charge in [0.1, 0.15) is 0 Å². The second-order valence-electron chi connectivity index (χ2n) is 5.22. The van der Waals surface area contributed by atoms with Crippen molar-refractivity contribution >= 4 is 19.7 Å². The van der Waals surface area contributed by atoms with Gasteiger partial charge in [-0.15, -0.1) is 7.92 Å². The molecule has 102 valence electrons. The molecule has 0 heterocycles. The van der Waals surface area contributed by atoms with Crippen molar-refractivity contribution in [1.82, 2.24) is 4.90 Å². The van der Waals surface area contributed by atoms with Crippen molar-refractivity contribution in [3.8, 4) is 0 Å². The average Bonchev–Trinajstić information content (AvgIpc) is 2.38. The van der Waals surface area contributed by atoms with Crippen molar-refractivity contribution < 1.29 is 0 Å². The van der Waals surface area contributed by atoms with Gasteiger partial charge in [0.25, 0.3) is 0 Å². The van der Waals surface area contributed by atoms with Gasteiger partial charge in [-0.25, -0.2) is 0 Å². The van der Waals surface area contributed by atoms with Gasteiger partial charge in [-0.3, -0.25) is 0 Å². The van der Waals surface area contributed by atoms with Gasteiger partial charge in [0.05, 0.1) is 0 Å². The van der Waals surface area contributed by atoms with Crippen LogP contribution in [0.4, 0.5) is 0 Å². The van der Waals surface area contributed by atoms with Crippen molar-refractivity contribution in [2.45, 2.75) is 44.7 Å². The van der Waals surface area contributed by atoms with Gasteiger partial charge in [-0.1, -0.05) is 26.2 Å². The Morgan fingerprint density at radius 2 is 1.88 bits per heavy atom. The monoisotopic (exact) mass is 275 g/mol. The fourth-order valence-corrected chi connectivity index (χ4v) is 6.09. The summed E-state index contributed by atoms with van der Waals surface area (Å²) in [4.78, 5) is 2.53. The van der Waals surface area contributed by atoms with Crippen LogP contribution < -0.4 is 0 Å². The summed E-state index contributed by atoms with van der Waals surface area (Å²) in [5.41, 5.74) is 1.11. The van der Waals surface area contributed by atoms with Crippen LogP contribution in [0.5, 0.6) is 0 Å². The second kappa shape index (κ2) is 9.64. The highest BCUT2D eigenvalue weighted by Crippen LogP contribution is 2.47. The fraction of sp³-hybridized carbons (Fsp3) is 1.00. The van der Waals surface area contributed by atoms with E-state index in [1.165, 1.54) is 63.3 Å². The lowest BCUT2D eigenvalue weighted by Crippen LogP contribution is -2.26. The standard InChI is InChI=1S/C14H30NPS/c1-4-16(14-8-6-5-7-9-14)12-10-15(2)11-13-17-3/h14H,4-13H2,1-3H3. The summed E-state index contributed by atoms with van der Waals surface area (Å²) in [5, 5.41) is 0. The summed E-state index contributed by atoms with van der Waals surface area (Å²) in [7, 11) is 2.62. The minimum absolute atomic E-state index is 0.327. The van der Waals surface area contributed by atoms with Gasteiger partial charge in [0, 0.05) is 18.8 Å². The van der Waals surface area contributed by atoms with Gasteiger partial charge < -0.3 is 4.90 Å². The molecular weight excluding hydrogens is 245 g/mol. The Hall–Kier alpha value is 0.740. The molecule has 0 aliphatic heterocycles. The van der Waals surface area contributed by atoms with Crippen molar-refractivity contribution in [3.63, 3.8) is 0 Å². The maximum absolute atomic E-state index is 2.53. The first-order chi connectivity index (χ1) is 8.27. The van der Waals surface area contributed by atoms with Crippen LogP contribution in [-0.4, -0.2) is 55.0 Å². The third-order valence-corrected chi connectivity index (χ3v) is 7.67. The first kappa shape index (κ1) is 15.8. The van der Waals surface area contributed by atoms with E-state index in [4.69, 9.17) is 0 Å². The number of nitrogens with zero attached hydrogens (tertiary/aromatic N) is 1. The Balaban J connectivity index is 2.21. The summed E-state index contributed by atoms with van der Waals surface area (Å²) in [6, 6.07) is 0. The summed E-state index contributed by atoms with van der Waals surface area (Å²) >= 11 is 1.96. The van der Waals surface area contributed by atoms with E-state index in [0.717, 1.165) is 5.66 Å². The molecule has 0 aromatic rings. The molecule has 0 spiro atoms. The second-order valence-corrected chi connectivity index (χ2v) is 9.19. The maximum atomic E-state index is 2.53. The van der Waals surface area contributed by atoms with E-state index in [-0.39, 0.29) is 0 Å². The van der Waals surface area contributed by atoms with E-state index in [1.54, 1.807) is 0 Å². The summed E-state index contributed by atoms with van der Waals surface area (Å²) in [5.74, 6) is 1.28. The van der Waals surface area contributed by atoms with E-state index in [2.05, 4.69) is 25.1 Å². The predicted octanol–water partition coefficient (Wildman–Crippen LogP) is 4.12. The van der Waals surface area contributed by atoms with Crippen LogP contribution in [0.1, 0.15) is 39.0 Å². The van der Waals surface area contributed by atoms with E-state index < -0.39 is 0 Å². The molecule has 1 atom stereocenters. The topological polar surface area (TPSA) is 3.24 Å². The molecular formula is C14H30NPS. The van der Waals surface area contributed by atoms with Crippen molar-refractivity contribution in [1.29, 1.82) is 0 Å². The third-order valence-electron chi connectivity index (χ3n) is 3.94. The Morgan fingerprint density at radius 1 is 1.18 bits per heavy atom. The van der Waals surface area contributed by atoms with Crippen molar-refractivity contribution in [2.75, 3.05) is 44.5 Å². The van der Waals surface area contributed by atoms with Crippen LogP contribution in [0.25, 0.3) is 0 Å². The van der Waals surface area contributed by atoms with E-state index in [9.17, 15) is 0 Å². The lowest BCUT2D eigenvalue weighted by atomic mass is 10.0. The highest BCUT2D eigenvalue weighted by atomic mass is 32.2. The zero-order valence-corrected chi connectivity index (χ0v) is 13.7. The average molecular weight is 275 g/mol. The minimum Gasteiger partial charge on any atom is -0.305 e. The van der Waals surface area contributed by atoms with Gasteiger partial charge in [0.2, 0.25) is 0 Å². The van der Waals surface area contributed by atoms with Gasteiger partial charge in [0.15, 0.2) is 0 Å². The predicted molar refractivity (Wildman–Crippen MR) is 85.1 cm³/mol. The lowest BCUT2D eigenvalue weighted by molar-refractivity contribution is 0.378. The quantitative estimate of drug-likeness (QED) is 0.613. The summed E-state index contributed by atoms with van der Waals surface area (Å²) in [6.45, 7) is 5.01. The SMILES string of the molecule is CCP(CCN(C)CCSC)C1CCCCC1. The smallest absolute Gasteiger partial charge is 0.00693 e. The van der Waals surface area contributed by atoms with Gasteiger partial charge in [-0.2, -0.15) is 11.8 Å². The largest absolute Gasteiger partial charge is 0.305 e. The molecule has 0 radical (unpaired) electrons. The molecule has 0 saturated heterocycles. The molecule has 0 aromatic carbocycles. The summed E-state index contributed by atoms with van der Waals surface area (Å²) in [6.07, 6.45) is 12.7. The molecule has 0 bridgehead atoms.